The van der Waals surface area contributed by atoms with Crippen molar-refractivity contribution in [3.05, 3.63) is 35.4 Å². The van der Waals surface area contributed by atoms with E-state index in [0.29, 0.717) is 24.4 Å². The number of phenolic OH excluding ortho intramolecular Hbond substituents is 1. The van der Waals surface area contributed by atoms with Crippen LogP contribution < -0.4 is 4.74 Å². The van der Waals surface area contributed by atoms with Gasteiger partial charge in [0, 0.05) is 13.1 Å². The summed E-state index contributed by atoms with van der Waals surface area (Å²) in [7, 11) is 1.47. The lowest BCUT2D eigenvalue weighted by Crippen LogP contribution is -2.35. The Balaban J connectivity index is 2.26. The zero-order valence-electron chi connectivity index (χ0n) is 10.6. The topological polar surface area (TPSA) is 49.8 Å². The number of hydrogen-bond acceptors (Lipinski definition) is 3. The van der Waals surface area contributed by atoms with Crippen LogP contribution in [-0.2, 0) is 0 Å². The third kappa shape index (κ3) is 2.32. The summed E-state index contributed by atoms with van der Waals surface area (Å²) in [5.41, 5.74) is 1.47. The summed E-state index contributed by atoms with van der Waals surface area (Å²) in [5.74, 6) is 0.0844. The van der Waals surface area contributed by atoms with Gasteiger partial charge in [-0.2, -0.15) is 0 Å². The van der Waals surface area contributed by atoms with Crippen molar-refractivity contribution in [2.24, 2.45) is 0 Å². The van der Waals surface area contributed by atoms with Crippen LogP contribution in [-0.4, -0.2) is 36.1 Å². The molecule has 4 heteroatoms. The van der Waals surface area contributed by atoms with Crippen LogP contribution in [0.1, 0.15) is 23.7 Å². The van der Waals surface area contributed by atoms with Gasteiger partial charge in [0.1, 0.15) is 0 Å². The number of rotatable bonds is 2. The van der Waals surface area contributed by atoms with E-state index in [9.17, 15) is 9.90 Å². The third-order valence-electron chi connectivity index (χ3n) is 3.07. The molecule has 1 N–H and O–H groups in total. The number of nitrogens with zero attached hydrogens (tertiary/aromatic N) is 1. The van der Waals surface area contributed by atoms with E-state index >= 15 is 0 Å². The van der Waals surface area contributed by atoms with E-state index in [2.05, 4.69) is 6.08 Å². The Labute approximate surface area is 106 Å². The monoisotopic (exact) mass is 247 g/mol. The summed E-state index contributed by atoms with van der Waals surface area (Å²) < 4.78 is 5.01. The molecule has 0 unspecified atom stereocenters. The number of hydrogen-bond donors (Lipinski definition) is 1. The van der Waals surface area contributed by atoms with Crippen LogP contribution in [0.25, 0.3) is 0 Å². The van der Waals surface area contributed by atoms with E-state index in [1.807, 2.05) is 6.92 Å². The average molecular weight is 247 g/mol. The van der Waals surface area contributed by atoms with Gasteiger partial charge in [0.25, 0.3) is 5.91 Å². The summed E-state index contributed by atoms with van der Waals surface area (Å²) >= 11 is 0. The van der Waals surface area contributed by atoms with Crippen LogP contribution in [0.5, 0.6) is 11.5 Å². The Bertz CT molecular complexity index is 494. The highest BCUT2D eigenvalue weighted by atomic mass is 16.5. The Morgan fingerprint density at radius 2 is 2.22 bits per heavy atom. The first-order chi connectivity index (χ1) is 8.63. The molecule has 1 aliphatic rings. The van der Waals surface area contributed by atoms with E-state index in [4.69, 9.17) is 4.74 Å². The molecule has 0 fully saturated rings. The number of carbonyl (C=O) groups excluding carboxylic acids is 1. The molecule has 96 valence electrons. The summed E-state index contributed by atoms with van der Waals surface area (Å²) in [6.45, 7) is 3.31. The average Bonchev–Trinajstić information content (AvgIpc) is 2.38. The maximum atomic E-state index is 12.3. The van der Waals surface area contributed by atoms with Gasteiger partial charge in [0.2, 0.25) is 0 Å². The van der Waals surface area contributed by atoms with Gasteiger partial charge in [-0.3, -0.25) is 4.79 Å². The van der Waals surface area contributed by atoms with E-state index in [1.54, 1.807) is 23.1 Å². The van der Waals surface area contributed by atoms with Crippen molar-refractivity contribution < 1.29 is 14.6 Å². The van der Waals surface area contributed by atoms with Crippen molar-refractivity contribution in [2.45, 2.75) is 13.3 Å². The van der Waals surface area contributed by atoms with Crippen LogP contribution >= 0.6 is 0 Å². The first-order valence-corrected chi connectivity index (χ1v) is 5.94. The number of para-hydroxylation sites is 1. The van der Waals surface area contributed by atoms with Crippen LogP contribution in [0.2, 0.25) is 0 Å². The van der Waals surface area contributed by atoms with Crippen molar-refractivity contribution in [1.82, 2.24) is 4.90 Å². The molecular weight excluding hydrogens is 230 g/mol. The van der Waals surface area contributed by atoms with Gasteiger partial charge in [0.15, 0.2) is 11.5 Å². The molecule has 1 heterocycles. The number of aromatic hydroxyl groups is 1. The molecule has 1 amide bonds. The fraction of sp³-hybridized carbons (Fsp3) is 0.357. The van der Waals surface area contributed by atoms with E-state index in [0.717, 1.165) is 6.42 Å². The predicted octanol–water partition coefficient (Wildman–Crippen LogP) is 2.19. The third-order valence-corrected chi connectivity index (χ3v) is 3.07. The second-order valence-corrected chi connectivity index (χ2v) is 4.42. The quantitative estimate of drug-likeness (QED) is 0.815. The van der Waals surface area contributed by atoms with Crippen LogP contribution in [0.15, 0.2) is 29.8 Å². The first kappa shape index (κ1) is 12.5. The highest BCUT2D eigenvalue weighted by molar-refractivity contribution is 5.97. The van der Waals surface area contributed by atoms with Gasteiger partial charge >= 0.3 is 0 Å². The van der Waals surface area contributed by atoms with E-state index in [1.165, 1.54) is 12.7 Å². The van der Waals surface area contributed by atoms with E-state index < -0.39 is 0 Å². The minimum Gasteiger partial charge on any atom is -0.504 e. The highest BCUT2D eigenvalue weighted by Crippen LogP contribution is 2.30. The molecule has 2 rings (SSSR count). The van der Waals surface area contributed by atoms with Gasteiger partial charge < -0.3 is 14.7 Å². The van der Waals surface area contributed by atoms with E-state index in [-0.39, 0.29) is 11.7 Å². The lowest BCUT2D eigenvalue weighted by atomic mass is 10.1. The summed E-state index contributed by atoms with van der Waals surface area (Å²) in [6, 6.07) is 4.96. The molecule has 18 heavy (non-hydrogen) atoms. The SMILES string of the molecule is COc1cccc(C(=O)N2CCC=C(C)C2)c1O. The van der Waals surface area contributed by atoms with Crippen LogP contribution in [0, 0.1) is 0 Å². The van der Waals surface area contributed by atoms with Crippen molar-refractivity contribution >= 4 is 5.91 Å². The van der Waals surface area contributed by atoms with Gasteiger partial charge in [-0.1, -0.05) is 17.7 Å². The maximum Gasteiger partial charge on any atom is 0.258 e. The van der Waals surface area contributed by atoms with Crippen molar-refractivity contribution in [1.29, 1.82) is 0 Å². The Morgan fingerprint density at radius 3 is 2.89 bits per heavy atom. The zero-order valence-corrected chi connectivity index (χ0v) is 10.6. The van der Waals surface area contributed by atoms with Crippen molar-refractivity contribution in [2.75, 3.05) is 20.2 Å². The fourth-order valence-electron chi connectivity index (χ4n) is 2.11. The minimum absolute atomic E-state index is 0.0859. The molecule has 1 aromatic rings. The lowest BCUT2D eigenvalue weighted by molar-refractivity contribution is 0.0762. The molecule has 0 saturated carbocycles. The lowest BCUT2D eigenvalue weighted by Gasteiger charge is -2.26. The molecule has 1 aromatic carbocycles. The number of amides is 1. The normalized spacial score (nSPS) is 15.2. The summed E-state index contributed by atoms with van der Waals surface area (Å²) in [4.78, 5) is 14.1. The standard InChI is InChI=1S/C14H17NO3/c1-10-5-4-8-15(9-10)14(17)11-6-3-7-12(18-2)13(11)16/h3,5-7,16H,4,8-9H2,1-2H3. The molecule has 0 atom stereocenters. The second kappa shape index (κ2) is 5.12. The Kier molecular flexibility index (Phi) is 3.55. The molecule has 1 aliphatic heterocycles. The largest absolute Gasteiger partial charge is 0.504 e. The van der Waals surface area contributed by atoms with Crippen LogP contribution in [0.4, 0.5) is 0 Å². The number of benzene rings is 1. The molecule has 0 aromatic heterocycles. The zero-order chi connectivity index (χ0) is 13.1. The summed E-state index contributed by atoms with van der Waals surface area (Å²) in [6.07, 6.45) is 3.00. The maximum absolute atomic E-state index is 12.3. The van der Waals surface area contributed by atoms with Gasteiger partial charge in [-0.25, -0.2) is 0 Å². The van der Waals surface area contributed by atoms with Crippen LogP contribution in [0.3, 0.4) is 0 Å². The van der Waals surface area contributed by atoms with Gasteiger partial charge in [-0.05, 0) is 25.5 Å². The fourth-order valence-corrected chi connectivity index (χ4v) is 2.11. The summed E-state index contributed by atoms with van der Waals surface area (Å²) in [5, 5.41) is 9.97. The molecule has 0 saturated heterocycles. The molecule has 0 bridgehead atoms. The second-order valence-electron chi connectivity index (χ2n) is 4.42. The predicted molar refractivity (Wildman–Crippen MR) is 68.9 cm³/mol. The number of carbonyl (C=O) groups is 1. The molecule has 0 spiro atoms. The van der Waals surface area contributed by atoms with Gasteiger partial charge in [0.05, 0.1) is 12.7 Å². The Morgan fingerprint density at radius 1 is 1.44 bits per heavy atom. The van der Waals surface area contributed by atoms with Crippen molar-refractivity contribution in [3.8, 4) is 11.5 Å². The number of ether oxygens (including phenoxy) is 1. The molecule has 0 radical (unpaired) electrons. The van der Waals surface area contributed by atoms with Crippen molar-refractivity contribution in [3.63, 3.8) is 0 Å². The van der Waals surface area contributed by atoms with Gasteiger partial charge in [-0.15, -0.1) is 0 Å². The first-order valence-electron chi connectivity index (χ1n) is 5.94. The Hall–Kier alpha value is -1.97. The molecular formula is C14H17NO3. The number of methoxy groups -OCH3 is 1. The minimum atomic E-state index is -0.154. The smallest absolute Gasteiger partial charge is 0.258 e. The molecule has 0 aliphatic carbocycles. The molecule has 4 nitrogen and oxygen atoms in total. The highest BCUT2D eigenvalue weighted by Gasteiger charge is 2.22. The number of phenols is 1.